The van der Waals surface area contributed by atoms with Gasteiger partial charge in [0, 0.05) is 5.54 Å². The van der Waals surface area contributed by atoms with E-state index in [1.54, 1.807) is 24.3 Å². The molecule has 0 spiro atoms. The number of aromatic hydroxyl groups is 1. The summed E-state index contributed by atoms with van der Waals surface area (Å²) in [5, 5.41) is 9.26. The smallest absolute Gasteiger partial charge is 0.127 e. The summed E-state index contributed by atoms with van der Waals surface area (Å²) >= 11 is 0. The van der Waals surface area contributed by atoms with Crippen LogP contribution in [0, 0.1) is 5.92 Å². The van der Waals surface area contributed by atoms with Crippen molar-refractivity contribution in [3.63, 3.8) is 0 Å². The quantitative estimate of drug-likeness (QED) is 0.883. The highest BCUT2D eigenvalue weighted by atomic mass is 16.5. The van der Waals surface area contributed by atoms with E-state index < -0.39 is 5.54 Å². The highest BCUT2D eigenvalue weighted by Gasteiger charge is 2.25. The number of hydrogen-bond donors (Lipinski definition) is 2. The molecule has 0 saturated carbocycles. The Morgan fingerprint density at radius 3 is 2.30 bits per heavy atom. The molecule has 0 aliphatic heterocycles. The fourth-order valence-electron chi connectivity index (χ4n) is 1.88. The molecule has 106 valence electrons. The van der Waals surface area contributed by atoms with Crippen LogP contribution < -0.4 is 10.5 Å². The number of ether oxygens (including phenoxy) is 1. The molecule has 3 N–H and O–H groups in total. The lowest BCUT2D eigenvalue weighted by Gasteiger charge is -2.30. The standard InChI is InChI=1S/C17H21NO2/c1-12(2)17(3,18)13-5-4-6-16(11-13)20-15-9-7-14(19)8-10-15/h4-12,19H,18H2,1-3H3. The first-order chi connectivity index (χ1) is 9.39. The third-order valence-corrected chi connectivity index (χ3v) is 3.73. The third-order valence-electron chi connectivity index (χ3n) is 3.73. The maximum Gasteiger partial charge on any atom is 0.127 e. The molecule has 0 heterocycles. The minimum absolute atomic E-state index is 0.223. The average molecular weight is 271 g/mol. The molecule has 2 aromatic carbocycles. The molecule has 0 bridgehead atoms. The molecule has 0 amide bonds. The lowest BCUT2D eigenvalue weighted by molar-refractivity contribution is 0.349. The molecule has 2 aromatic rings. The Hall–Kier alpha value is -2.00. The molecule has 0 radical (unpaired) electrons. The van der Waals surface area contributed by atoms with Gasteiger partial charge >= 0.3 is 0 Å². The van der Waals surface area contributed by atoms with Crippen LogP contribution in [0.3, 0.4) is 0 Å². The summed E-state index contributed by atoms with van der Waals surface area (Å²) in [7, 11) is 0. The van der Waals surface area contributed by atoms with Crippen molar-refractivity contribution in [2.45, 2.75) is 26.3 Å². The van der Waals surface area contributed by atoms with Gasteiger partial charge in [-0.15, -0.1) is 0 Å². The summed E-state index contributed by atoms with van der Waals surface area (Å²) in [5.74, 6) is 1.97. The van der Waals surface area contributed by atoms with E-state index in [4.69, 9.17) is 10.5 Å². The van der Waals surface area contributed by atoms with Gasteiger partial charge in [0.15, 0.2) is 0 Å². The van der Waals surface area contributed by atoms with Crippen molar-refractivity contribution in [1.82, 2.24) is 0 Å². The molecule has 0 aliphatic carbocycles. The van der Waals surface area contributed by atoms with Crippen molar-refractivity contribution in [3.05, 3.63) is 54.1 Å². The zero-order chi connectivity index (χ0) is 14.8. The van der Waals surface area contributed by atoms with Gasteiger partial charge in [0.2, 0.25) is 0 Å². The Labute approximate surface area is 120 Å². The molecule has 3 heteroatoms. The number of phenols is 1. The van der Waals surface area contributed by atoms with E-state index in [1.807, 2.05) is 31.2 Å². The van der Waals surface area contributed by atoms with Crippen LogP contribution in [0.25, 0.3) is 0 Å². The Kier molecular flexibility index (Phi) is 4.00. The molecule has 2 rings (SSSR count). The molecule has 0 fully saturated rings. The van der Waals surface area contributed by atoms with E-state index in [-0.39, 0.29) is 5.75 Å². The molecular weight excluding hydrogens is 250 g/mol. The van der Waals surface area contributed by atoms with Crippen LogP contribution in [0.1, 0.15) is 26.3 Å². The summed E-state index contributed by atoms with van der Waals surface area (Å²) in [5.41, 5.74) is 7.03. The van der Waals surface area contributed by atoms with Crippen molar-refractivity contribution in [3.8, 4) is 17.2 Å². The predicted molar refractivity (Wildman–Crippen MR) is 81.0 cm³/mol. The maximum absolute atomic E-state index is 9.26. The van der Waals surface area contributed by atoms with Crippen molar-refractivity contribution in [2.75, 3.05) is 0 Å². The molecule has 0 saturated heterocycles. The zero-order valence-electron chi connectivity index (χ0n) is 12.1. The second-order valence-electron chi connectivity index (χ2n) is 5.56. The molecule has 1 atom stereocenters. The van der Waals surface area contributed by atoms with Crippen LogP contribution in [0.15, 0.2) is 48.5 Å². The van der Waals surface area contributed by atoms with Crippen LogP contribution in [-0.2, 0) is 5.54 Å². The molecule has 0 aromatic heterocycles. The Morgan fingerprint density at radius 2 is 1.70 bits per heavy atom. The van der Waals surface area contributed by atoms with E-state index in [0.29, 0.717) is 11.7 Å². The van der Waals surface area contributed by atoms with Crippen molar-refractivity contribution in [1.29, 1.82) is 0 Å². The number of benzene rings is 2. The summed E-state index contributed by atoms with van der Waals surface area (Å²) < 4.78 is 5.78. The van der Waals surface area contributed by atoms with E-state index in [1.165, 1.54) is 0 Å². The maximum atomic E-state index is 9.26. The summed E-state index contributed by atoms with van der Waals surface area (Å²) in [4.78, 5) is 0. The second-order valence-corrected chi connectivity index (χ2v) is 5.56. The summed E-state index contributed by atoms with van der Waals surface area (Å²) in [6.07, 6.45) is 0. The lowest BCUT2D eigenvalue weighted by Crippen LogP contribution is -2.38. The summed E-state index contributed by atoms with van der Waals surface area (Å²) in [6, 6.07) is 14.5. The second kappa shape index (κ2) is 5.55. The largest absolute Gasteiger partial charge is 0.508 e. The fraction of sp³-hybridized carbons (Fsp3) is 0.294. The van der Waals surface area contributed by atoms with Gasteiger partial charge in [-0.05, 0) is 54.8 Å². The first kappa shape index (κ1) is 14.4. The third kappa shape index (κ3) is 3.11. The molecular formula is C17H21NO2. The predicted octanol–water partition coefficient (Wildman–Crippen LogP) is 4.01. The normalized spacial score (nSPS) is 14.1. The lowest BCUT2D eigenvalue weighted by atomic mass is 9.83. The molecule has 0 aliphatic rings. The monoisotopic (exact) mass is 271 g/mol. The van der Waals surface area contributed by atoms with E-state index in [9.17, 15) is 5.11 Å². The van der Waals surface area contributed by atoms with Crippen LogP contribution in [-0.4, -0.2) is 5.11 Å². The minimum atomic E-state index is -0.395. The highest BCUT2D eigenvalue weighted by molar-refractivity contribution is 5.38. The SMILES string of the molecule is CC(C)C(C)(N)c1cccc(Oc2ccc(O)cc2)c1. The Morgan fingerprint density at radius 1 is 1.05 bits per heavy atom. The number of phenolic OH excluding ortho intramolecular Hbond substituents is 1. The average Bonchev–Trinajstić information content (AvgIpc) is 2.41. The van der Waals surface area contributed by atoms with Gasteiger partial charge in [-0.2, -0.15) is 0 Å². The van der Waals surface area contributed by atoms with E-state index in [2.05, 4.69) is 13.8 Å². The molecule has 1 unspecified atom stereocenters. The van der Waals surface area contributed by atoms with Crippen molar-refractivity contribution < 1.29 is 9.84 Å². The van der Waals surface area contributed by atoms with Crippen LogP contribution in [0.4, 0.5) is 0 Å². The van der Waals surface area contributed by atoms with E-state index in [0.717, 1.165) is 11.3 Å². The Bertz CT molecular complexity index is 574. The number of rotatable bonds is 4. The van der Waals surface area contributed by atoms with Gasteiger partial charge in [0.1, 0.15) is 17.2 Å². The van der Waals surface area contributed by atoms with Gasteiger partial charge in [-0.1, -0.05) is 26.0 Å². The van der Waals surface area contributed by atoms with Crippen LogP contribution in [0.5, 0.6) is 17.2 Å². The van der Waals surface area contributed by atoms with Gasteiger partial charge in [-0.3, -0.25) is 0 Å². The molecule has 20 heavy (non-hydrogen) atoms. The van der Waals surface area contributed by atoms with E-state index >= 15 is 0 Å². The first-order valence-electron chi connectivity index (χ1n) is 6.76. The van der Waals surface area contributed by atoms with Crippen LogP contribution in [0.2, 0.25) is 0 Å². The van der Waals surface area contributed by atoms with Crippen LogP contribution >= 0.6 is 0 Å². The van der Waals surface area contributed by atoms with Gasteiger partial charge < -0.3 is 15.6 Å². The number of hydrogen-bond acceptors (Lipinski definition) is 3. The van der Waals surface area contributed by atoms with Gasteiger partial charge in [-0.25, -0.2) is 0 Å². The van der Waals surface area contributed by atoms with Crippen molar-refractivity contribution >= 4 is 0 Å². The minimum Gasteiger partial charge on any atom is -0.508 e. The highest BCUT2D eigenvalue weighted by Crippen LogP contribution is 2.30. The Balaban J connectivity index is 2.24. The topological polar surface area (TPSA) is 55.5 Å². The fourth-order valence-corrected chi connectivity index (χ4v) is 1.88. The van der Waals surface area contributed by atoms with Gasteiger partial charge in [0.25, 0.3) is 0 Å². The van der Waals surface area contributed by atoms with Crippen molar-refractivity contribution in [2.24, 2.45) is 11.7 Å². The summed E-state index contributed by atoms with van der Waals surface area (Å²) in [6.45, 7) is 6.23. The first-order valence-corrected chi connectivity index (χ1v) is 6.76. The van der Waals surface area contributed by atoms with Gasteiger partial charge in [0.05, 0.1) is 0 Å². The number of nitrogens with two attached hydrogens (primary N) is 1. The molecule has 3 nitrogen and oxygen atoms in total. The zero-order valence-corrected chi connectivity index (χ0v) is 12.1.